The lowest BCUT2D eigenvalue weighted by Crippen LogP contribution is -2.39. The highest BCUT2D eigenvalue weighted by molar-refractivity contribution is 6.04. The highest BCUT2D eigenvalue weighted by Crippen LogP contribution is 2.44. The second kappa shape index (κ2) is 8.82. The van der Waals surface area contributed by atoms with Crippen molar-refractivity contribution in [3.8, 4) is 11.5 Å². The van der Waals surface area contributed by atoms with Gasteiger partial charge in [0.2, 0.25) is 0 Å². The normalized spacial score (nSPS) is 15.6. The zero-order valence-corrected chi connectivity index (χ0v) is 16.3. The second-order valence-corrected chi connectivity index (χ2v) is 5.92. The van der Waals surface area contributed by atoms with Gasteiger partial charge in [-0.05, 0) is 19.1 Å². The molecule has 29 heavy (non-hydrogen) atoms. The molecule has 0 N–H and O–H groups in total. The summed E-state index contributed by atoms with van der Waals surface area (Å²) in [5.74, 6) is -1.59. The summed E-state index contributed by atoms with van der Waals surface area (Å²) in [6, 6.07) is 3.06. The Morgan fingerprint density at radius 2 is 1.69 bits per heavy atom. The molecule has 10 heteroatoms. The lowest BCUT2D eigenvalue weighted by molar-refractivity contribution is -0.140. The molecule has 2 heterocycles. The molecule has 1 aromatic rings. The van der Waals surface area contributed by atoms with E-state index in [1.165, 1.54) is 25.2 Å². The average Bonchev–Trinajstić information content (AvgIpc) is 2.76. The minimum Gasteiger partial charge on any atom is -0.485 e. The van der Waals surface area contributed by atoms with Gasteiger partial charge in [0.15, 0.2) is 11.5 Å². The minimum absolute atomic E-state index is 0.00514. The van der Waals surface area contributed by atoms with Gasteiger partial charge >= 0.3 is 17.9 Å². The lowest BCUT2D eigenvalue weighted by Gasteiger charge is -2.33. The predicted octanol–water partition coefficient (Wildman–Crippen LogP) is 1.03. The van der Waals surface area contributed by atoms with E-state index in [0.29, 0.717) is 5.69 Å². The van der Waals surface area contributed by atoms with Gasteiger partial charge in [0.05, 0.1) is 38.7 Å². The Bertz CT molecular complexity index is 861. The van der Waals surface area contributed by atoms with Crippen molar-refractivity contribution >= 4 is 23.6 Å². The molecule has 0 fully saturated rings. The maximum Gasteiger partial charge on any atom is 0.355 e. The molecule has 2 aliphatic heterocycles. The standard InChI is InChI=1S/C19H21NO9/c1-4-27-18(22)11-5-6-13(16-15(11)28-7-8-29-16)20-10-26-9-12(17(21)24-2)14(20)19(23)25-3/h5-6H,4,7-10H2,1-3H3. The van der Waals surface area contributed by atoms with E-state index in [2.05, 4.69) is 0 Å². The fourth-order valence-electron chi connectivity index (χ4n) is 3.04. The number of hydrogen-bond donors (Lipinski definition) is 0. The highest BCUT2D eigenvalue weighted by atomic mass is 16.6. The number of benzene rings is 1. The van der Waals surface area contributed by atoms with Gasteiger partial charge in [-0.1, -0.05) is 0 Å². The van der Waals surface area contributed by atoms with E-state index in [1.807, 2.05) is 0 Å². The molecule has 0 unspecified atom stereocenters. The highest BCUT2D eigenvalue weighted by Gasteiger charge is 2.36. The molecule has 0 radical (unpaired) electrons. The van der Waals surface area contributed by atoms with E-state index in [1.54, 1.807) is 13.0 Å². The van der Waals surface area contributed by atoms with Gasteiger partial charge < -0.3 is 33.3 Å². The third kappa shape index (κ3) is 3.83. The molecule has 156 valence electrons. The molecule has 0 aromatic heterocycles. The van der Waals surface area contributed by atoms with E-state index >= 15 is 0 Å². The van der Waals surface area contributed by atoms with E-state index < -0.39 is 17.9 Å². The Labute approximate surface area is 166 Å². The van der Waals surface area contributed by atoms with Crippen LogP contribution in [0, 0.1) is 0 Å². The Kier molecular flexibility index (Phi) is 6.23. The third-order valence-corrected chi connectivity index (χ3v) is 4.29. The van der Waals surface area contributed by atoms with E-state index in [4.69, 9.17) is 28.4 Å². The zero-order chi connectivity index (χ0) is 21.0. The van der Waals surface area contributed by atoms with E-state index in [9.17, 15) is 14.4 Å². The maximum absolute atomic E-state index is 12.5. The van der Waals surface area contributed by atoms with Crippen molar-refractivity contribution in [3.63, 3.8) is 0 Å². The van der Waals surface area contributed by atoms with Crippen LogP contribution in [0.4, 0.5) is 5.69 Å². The average molecular weight is 407 g/mol. The summed E-state index contributed by atoms with van der Waals surface area (Å²) in [5.41, 5.74) is 0.533. The van der Waals surface area contributed by atoms with Crippen molar-refractivity contribution in [1.82, 2.24) is 0 Å². The van der Waals surface area contributed by atoms with Gasteiger partial charge in [-0.2, -0.15) is 0 Å². The van der Waals surface area contributed by atoms with Crippen molar-refractivity contribution < 1.29 is 42.8 Å². The number of esters is 3. The van der Waals surface area contributed by atoms with Crippen molar-refractivity contribution in [1.29, 1.82) is 0 Å². The van der Waals surface area contributed by atoms with Gasteiger partial charge in [0.1, 0.15) is 31.2 Å². The number of anilines is 1. The van der Waals surface area contributed by atoms with Crippen LogP contribution in [0.15, 0.2) is 23.4 Å². The number of fused-ring (bicyclic) bond motifs is 1. The van der Waals surface area contributed by atoms with Crippen molar-refractivity contribution in [3.05, 3.63) is 29.0 Å². The van der Waals surface area contributed by atoms with Crippen LogP contribution in [0.5, 0.6) is 11.5 Å². The first-order valence-corrected chi connectivity index (χ1v) is 8.88. The van der Waals surface area contributed by atoms with Crippen LogP contribution < -0.4 is 14.4 Å². The van der Waals surface area contributed by atoms with Gasteiger partial charge in [-0.3, -0.25) is 0 Å². The first kappa shape index (κ1) is 20.5. The Morgan fingerprint density at radius 3 is 2.34 bits per heavy atom. The third-order valence-electron chi connectivity index (χ3n) is 4.29. The minimum atomic E-state index is -0.742. The molecule has 0 aliphatic carbocycles. The Balaban J connectivity index is 2.14. The molecule has 2 aliphatic rings. The molecular formula is C19H21NO9. The van der Waals surface area contributed by atoms with Gasteiger partial charge in [-0.25, -0.2) is 14.4 Å². The fraction of sp³-hybridized carbons (Fsp3) is 0.421. The lowest BCUT2D eigenvalue weighted by atomic mass is 10.1. The number of hydrogen-bond acceptors (Lipinski definition) is 10. The van der Waals surface area contributed by atoms with Crippen molar-refractivity contribution in [2.75, 3.05) is 52.3 Å². The molecule has 0 atom stereocenters. The van der Waals surface area contributed by atoms with Crippen LogP contribution in [-0.2, 0) is 28.5 Å². The number of ether oxygens (including phenoxy) is 6. The number of nitrogens with zero attached hydrogens (tertiary/aromatic N) is 1. The molecule has 10 nitrogen and oxygen atoms in total. The zero-order valence-electron chi connectivity index (χ0n) is 16.3. The first-order chi connectivity index (χ1) is 14.0. The SMILES string of the molecule is CCOC(=O)c1ccc(N2COCC(C(=O)OC)=C2C(=O)OC)c2c1OCCO2. The van der Waals surface area contributed by atoms with Crippen LogP contribution in [0.2, 0.25) is 0 Å². The summed E-state index contributed by atoms with van der Waals surface area (Å²) in [5, 5.41) is 0. The van der Waals surface area contributed by atoms with Gasteiger partial charge in [0, 0.05) is 0 Å². The van der Waals surface area contributed by atoms with Crippen LogP contribution in [0.25, 0.3) is 0 Å². The maximum atomic E-state index is 12.5. The van der Waals surface area contributed by atoms with Crippen molar-refractivity contribution in [2.24, 2.45) is 0 Å². The number of carbonyl (C=O) groups excluding carboxylic acids is 3. The summed E-state index contributed by atoms with van der Waals surface area (Å²) in [7, 11) is 2.41. The topological polar surface area (TPSA) is 110 Å². The predicted molar refractivity (Wildman–Crippen MR) is 97.7 cm³/mol. The second-order valence-electron chi connectivity index (χ2n) is 5.92. The number of methoxy groups -OCH3 is 2. The number of carbonyl (C=O) groups is 3. The molecule has 0 amide bonds. The van der Waals surface area contributed by atoms with Crippen LogP contribution in [0.1, 0.15) is 17.3 Å². The molecule has 0 bridgehead atoms. The summed E-state index contributed by atoms with van der Waals surface area (Å²) >= 11 is 0. The number of rotatable bonds is 5. The van der Waals surface area contributed by atoms with Gasteiger partial charge in [-0.15, -0.1) is 0 Å². The molecule has 0 spiro atoms. The van der Waals surface area contributed by atoms with E-state index in [-0.39, 0.29) is 61.5 Å². The quantitative estimate of drug-likeness (QED) is 0.518. The fourth-order valence-corrected chi connectivity index (χ4v) is 3.04. The first-order valence-electron chi connectivity index (χ1n) is 8.88. The summed E-state index contributed by atoms with van der Waals surface area (Å²) in [6.07, 6.45) is 0. The molecule has 0 saturated carbocycles. The summed E-state index contributed by atoms with van der Waals surface area (Å²) in [6.45, 7) is 2.21. The van der Waals surface area contributed by atoms with Gasteiger partial charge in [0.25, 0.3) is 0 Å². The Hall–Kier alpha value is -3.27. The monoisotopic (exact) mass is 407 g/mol. The van der Waals surface area contributed by atoms with E-state index in [0.717, 1.165) is 0 Å². The van der Waals surface area contributed by atoms with Crippen LogP contribution in [0.3, 0.4) is 0 Å². The molecular weight excluding hydrogens is 386 g/mol. The van der Waals surface area contributed by atoms with Crippen LogP contribution >= 0.6 is 0 Å². The summed E-state index contributed by atoms with van der Waals surface area (Å²) < 4.78 is 31.5. The van der Waals surface area contributed by atoms with Crippen molar-refractivity contribution in [2.45, 2.75) is 6.92 Å². The van der Waals surface area contributed by atoms with Crippen LogP contribution in [-0.4, -0.2) is 65.3 Å². The summed E-state index contributed by atoms with van der Waals surface area (Å²) in [4.78, 5) is 38.3. The Morgan fingerprint density at radius 1 is 1.00 bits per heavy atom. The smallest absolute Gasteiger partial charge is 0.355 e. The molecule has 0 saturated heterocycles. The molecule has 3 rings (SSSR count). The molecule has 1 aromatic carbocycles. The largest absolute Gasteiger partial charge is 0.485 e.